The molecule has 4 rings (SSSR count). The van der Waals surface area contributed by atoms with Crippen LogP contribution in [-0.2, 0) is 17.6 Å². The number of fused-ring (bicyclic) bond motifs is 1. The lowest BCUT2D eigenvalue weighted by Crippen LogP contribution is -2.29. The average Bonchev–Trinajstić information content (AvgIpc) is 3.11. The number of carbonyl (C=O) groups excluding carboxylic acids is 2. The van der Waals surface area contributed by atoms with Gasteiger partial charge in [-0.3, -0.25) is 14.4 Å². The molecule has 2 amide bonds. The lowest BCUT2D eigenvalue weighted by Gasteiger charge is -2.14. The smallest absolute Gasteiger partial charge is 0.303 e. The Kier molecular flexibility index (Phi) is 7.38. The maximum atomic E-state index is 12.6. The van der Waals surface area contributed by atoms with Gasteiger partial charge in [0.1, 0.15) is 5.75 Å². The van der Waals surface area contributed by atoms with Gasteiger partial charge in [0.15, 0.2) is 0 Å². The summed E-state index contributed by atoms with van der Waals surface area (Å²) in [6.45, 7) is 0.582. The van der Waals surface area contributed by atoms with Crippen LogP contribution in [0.4, 0.5) is 5.69 Å². The summed E-state index contributed by atoms with van der Waals surface area (Å²) in [5.74, 6) is -0.505. The summed E-state index contributed by atoms with van der Waals surface area (Å²) in [6, 6.07) is 22.5. The quantitative estimate of drug-likeness (QED) is 0.312. The molecule has 0 aromatic heterocycles. The van der Waals surface area contributed by atoms with E-state index in [1.165, 1.54) is 10.5 Å². The second-order valence-corrected chi connectivity index (χ2v) is 8.35. The SMILES string of the molecule is O=C(O)CCCCCOc1ccc(CCc2ccc(N3C(=O)c4ccccc4C3=O)cc2)cc1. The molecule has 6 heteroatoms. The van der Waals surface area contributed by atoms with E-state index in [0.29, 0.717) is 29.8 Å². The first kappa shape index (κ1) is 23.2. The van der Waals surface area contributed by atoms with Gasteiger partial charge in [-0.25, -0.2) is 4.90 Å². The Labute approximate surface area is 198 Å². The zero-order valence-electron chi connectivity index (χ0n) is 18.9. The predicted octanol–water partition coefficient (Wildman–Crippen LogP) is 5.30. The number of rotatable bonds is 11. The highest BCUT2D eigenvalue weighted by Crippen LogP contribution is 2.28. The molecule has 174 valence electrons. The molecule has 1 aliphatic rings. The fourth-order valence-electron chi connectivity index (χ4n) is 4.02. The molecule has 0 aliphatic carbocycles. The van der Waals surface area contributed by atoms with Crippen LogP contribution in [0.15, 0.2) is 72.8 Å². The average molecular weight is 458 g/mol. The fourth-order valence-corrected chi connectivity index (χ4v) is 4.02. The van der Waals surface area contributed by atoms with Crippen LogP contribution in [0.1, 0.15) is 57.5 Å². The number of anilines is 1. The molecule has 3 aromatic carbocycles. The molecule has 0 fully saturated rings. The molecule has 0 spiro atoms. The minimum atomic E-state index is -0.754. The van der Waals surface area contributed by atoms with Crippen LogP contribution >= 0.6 is 0 Å². The predicted molar refractivity (Wildman–Crippen MR) is 129 cm³/mol. The molecule has 0 radical (unpaired) electrons. The second kappa shape index (κ2) is 10.8. The maximum Gasteiger partial charge on any atom is 0.303 e. The molecule has 0 saturated heterocycles. The number of amides is 2. The highest BCUT2D eigenvalue weighted by atomic mass is 16.5. The highest BCUT2D eigenvalue weighted by Gasteiger charge is 2.36. The highest BCUT2D eigenvalue weighted by molar-refractivity contribution is 6.34. The first-order chi connectivity index (χ1) is 16.5. The largest absolute Gasteiger partial charge is 0.494 e. The van der Waals surface area contributed by atoms with Crippen molar-refractivity contribution < 1.29 is 24.2 Å². The lowest BCUT2D eigenvalue weighted by atomic mass is 10.0. The monoisotopic (exact) mass is 457 g/mol. The number of carboxylic acids is 1. The summed E-state index contributed by atoms with van der Waals surface area (Å²) in [4.78, 5) is 37.0. The second-order valence-electron chi connectivity index (χ2n) is 8.35. The lowest BCUT2D eigenvalue weighted by molar-refractivity contribution is -0.137. The molecule has 6 nitrogen and oxygen atoms in total. The van der Waals surface area contributed by atoms with Crippen molar-refractivity contribution in [3.63, 3.8) is 0 Å². The number of carboxylic acid groups (broad SMARTS) is 1. The number of benzene rings is 3. The van der Waals surface area contributed by atoms with Gasteiger partial charge < -0.3 is 9.84 Å². The van der Waals surface area contributed by atoms with Gasteiger partial charge in [0, 0.05) is 6.42 Å². The Morgan fingerprint density at radius 3 is 1.85 bits per heavy atom. The first-order valence-corrected chi connectivity index (χ1v) is 11.5. The third-order valence-electron chi connectivity index (χ3n) is 5.92. The van der Waals surface area contributed by atoms with Crippen LogP contribution in [0.3, 0.4) is 0 Å². The zero-order chi connectivity index (χ0) is 23.9. The molecule has 0 bridgehead atoms. The molecule has 1 heterocycles. The van der Waals surface area contributed by atoms with Crippen molar-refractivity contribution in [1.82, 2.24) is 0 Å². The molecule has 1 aliphatic heterocycles. The van der Waals surface area contributed by atoms with E-state index < -0.39 is 5.97 Å². The van der Waals surface area contributed by atoms with E-state index in [1.807, 2.05) is 48.5 Å². The molecule has 0 saturated carbocycles. The van der Waals surface area contributed by atoms with Gasteiger partial charge in [0.25, 0.3) is 11.8 Å². The standard InChI is InChI=1S/C28H27NO5/c30-26(31)8-2-1-5-19-34-23-17-13-21(14-18-23)10-9-20-11-15-22(16-12-20)29-27(32)24-6-3-4-7-25(24)28(29)33/h3-4,6-7,11-18H,1-2,5,8-10,19H2,(H,30,31). The van der Waals surface area contributed by atoms with Gasteiger partial charge in [0.05, 0.1) is 23.4 Å². The number of carbonyl (C=O) groups is 3. The number of hydrogen-bond donors (Lipinski definition) is 1. The number of ether oxygens (including phenoxy) is 1. The van der Waals surface area contributed by atoms with Gasteiger partial charge in [0.2, 0.25) is 0 Å². The van der Waals surface area contributed by atoms with Crippen molar-refractivity contribution >= 4 is 23.5 Å². The molecule has 34 heavy (non-hydrogen) atoms. The van der Waals surface area contributed by atoms with Crippen LogP contribution in [0.5, 0.6) is 5.75 Å². The number of unbranched alkanes of at least 4 members (excludes halogenated alkanes) is 2. The van der Waals surface area contributed by atoms with Crippen LogP contribution in [0, 0.1) is 0 Å². The van der Waals surface area contributed by atoms with Crippen LogP contribution in [-0.4, -0.2) is 29.5 Å². The summed E-state index contributed by atoms with van der Waals surface area (Å²) < 4.78 is 5.73. The van der Waals surface area contributed by atoms with E-state index in [-0.39, 0.29) is 18.2 Å². The van der Waals surface area contributed by atoms with Crippen molar-refractivity contribution in [1.29, 1.82) is 0 Å². The maximum absolute atomic E-state index is 12.6. The topological polar surface area (TPSA) is 83.9 Å². The van der Waals surface area contributed by atoms with Crippen molar-refractivity contribution in [3.8, 4) is 5.75 Å². The van der Waals surface area contributed by atoms with Crippen molar-refractivity contribution in [3.05, 3.63) is 95.1 Å². The number of nitrogens with zero attached hydrogens (tertiary/aromatic N) is 1. The van der Waals surface area contributed by atoms with E-state index in [2.05, 4.69) is 0 Å². The van der Waals surface area contributed by atoms with Crippen LogP contribution < -0.4 is 9.64 Å². The molecule has 0 unspecified atom stereocenters. The fraction of sp³-hybridized carbons (Fsp3) is 0.250. The summed E-state index contributed by atoms with van der Waals surface area (Å²) >= 11 is 0. The Bertz CT molecular complexity index is 1130. The van der Waals surface area contributed by atoms with Crippen molar-refractivity contribution in [2.75, 3.05) is 11.5 Å². The van der Waals surface area contributed by atoms with E-state index >= 15 is 0 Å². The van der Waals surface area contributed by atoms with E-state index in [0.717, 1.165) is 37.0 Å². The summed E-state index contributed by atoms with van der Waals surface area (Å²) in [5, 5.41) is 8.64. The Morgan fingerprint density at radius 2 is 1.29 bits per heavy atom. The number of aryl methyl sites for hydroxylation is 2. The summed E-state index contributed by atoms with van der Waals surface area (Å²) in [5.41, 5.74) is 3.80. The van der Waals surface area contributed by atoms with Gasteiger partial charge in [-0.15, -0.1) is 0 Å². The van der Waals surface area contributed by atoms with Gasteiger partial charge >= 0.3 is 5.97 Å². The zero-order valence-corrected chi connectivity index (χ0v) is 18.9. The number of imide groups is 1. The molecular weight excluding hydrogens is 430 g/mol. The summed E-state index contributed by atoms with van der Waals surface area (Å²) in [6.07, 6.45) is 4.27. The minimum absolute atomic E-state index is 0.209. The van der Waals surface area contributed by atoms with Crippen LogP contribution in [0.25, 0.3) is 0 Å². The molecule has 3 aromatic rings. The van der Waals surface area contributed by atoms with E-state index in [4.69, 9.17) is 9.84 Å². The van der Waals surface area contributed by atoms with Gasteiger partial charge in [-0.2, -0.15) is 0 Å². The van der Waals surface area contributed by atoms with Crippen molar-refractivity contribution in [2.24, 2.45) is 0 Å². The normalized spacial score (nSPS) is 12.6. The van der Waals surface area contributed by atoms with Gasteiger partial charge in [-0.1, -0.05) is 36.4 Å². The first-order valence-electron chi connectivity index (χ1n) is 11.5. The molecule has 0 atom stereocenters. The Hall–Kier alpha value is -3.93. The third-order valence-corrected chi connectivity index (χ3v) is 5.92. The van der Waals surface area contributed by atoms with Gasteiger partial charge in [-0.05, 0) is 79.6 Å². The molecule has 1 N–H and O–H groups in total. The minimum Gasteiger partial charge on any atom is -0.494 e. The summed E-state index contributed by atoms with van der Waals surface area (Å²) in [7, 11) is 0. The Balaban J connectivity index is 1.25. The molecular formula is C28H27NO5. The van der Waals surface area contributed by atoms with Crippen LogP contribution in [0.2, 0.25) is 0 Å². The van der Waals surface area contributed by atoms with E-state index in [1.54, 1.807) is 24.3 Å². The van der Waals surface area contributed by atoms with E-state index in [9.17, 15) is 14.4 Å². The number of hydrogen-bond acceptors (Lipinski definition) is 4. The number of aliphatic carboxylic acids is 1. The Morgan fingerprint density at radius 1 is 0.735 bits per heavy atom. The third kappa shape index (κ3) is 5.52. The van der Waals surface area contributed by atoms with Crippen molar-refractivity contribution in [2.45, 2.75) is 38.5 Å².